The quantitative estimate of drug-likeness (QED) is 0.476. The summed E-state index contributed by atoms with van der Waals surface area (Å²) in [5, 5.41) is 8.13. The molecule has 0 radical (unpaired) electrons. The highest BCUT2D eigenvalue weighted by Gasteiger charge is 2.15. The monoisotopic (exact) mass is 401 g/mol. The van der Waals surface area contributed by atoms with E-state index in [4.69, 9.17) is 9.84 Å². The highest BCUT2D eigenvalue weighted by atomic mass is 16.5. The number of hydrogen-bond acceptors (Lipinski definition) is 5. The number of ether oxygens (including phenoxy) is 1. The van der Waals surface area contributed by atoms with Crippen LogP contribution in [0.1, 0.15) is 39.0 Å². The minimum Gasteiger partial charge on any atom is -0.494 e. The van der Waals surface area contributed by atoms with Gasteiger partial charge in [-0.1, -0.05) is 45.0 Å². The summed E-state index contributed by atoms with van der Waals surface area (Å²) < 4.78 is 7.26. The second-order valence-corrected chi connectivity index (χ2v) is 8.34. The summed E-state index contributed by atoms with van der Waals surface area (Å²) in [6, 6.07) is 18.2. The van der Waals surface area contributed by atoms with Crippen molar-refractivity contribution in [2.75, 3.05) is 11.9 Å². The van der Waals surface area contributed by atoms with Crippen molar-refractivity contribution < 1.29 is 4.74 Å². The molecule has 0 amide bonds. The average Bonchev–Trinajstić information content (AvgIpc) is 3.13. The van der Waals surface area contributed by atoms with E-state index in [0.717, 1.165) is 28.5 Å². The summed E-state index contributed by atoms with van der Waals surface area (Å²) in [7, 11) is 0. The zero-order valence-corrected chi connectivity index (χ0v) is 18.1. The van der Waals surface area contributed by atoms with Crippen LogP contribution in [0.5, 0.6) is 5.75 Å². The van der Waals surface area contributed by atoms with E-state index in [2.05, 4.69) is 60.3 Å². The summed E-state index contributed by atoms with van der Waals surface area (Å²) in [6.45, 7) is 11.2. The molecular weight excluding hydrogens is 374 g/mol. The first-order valence-corrected chi connectivity index (χ1v) is 10.2. The Kier molecular flexibility index (Phi) is 5.16. The Balaban J connectivity index is 1.67. The Morgan fingerprint density at radius 3 is 2.30 bits per heavy atom. The first-order valence-electron chi connectivity index (χ1n) is 10.2. The van der Waals surface area contributed by atoms with Gasteiger partial charge in [0, 0.05) is 23.0 Å². The van der Waals surface area contributed by atoms with Crippen LogP contribution in [0.4, 0.5) is 11.5 Å². The molecule has 0 bridgehead atoms. The minimum atomic E-state index is 0.109. The molecule has 0 aliphatic heterocycles. The van der Waals surface area contributed by atoms with E-state index in [9.17, 15) is 0 Å². The largest absolute Gasteiger partial charge is 0.494 e. The molecule has 0 saturated carbocycles. The molecule has 2 aromatic heterocycles. The lowest BCUT2D eigenvalue weighted by Crippen LogP contribution is -2.10. The number of rotatable bonds is 5. The van der Waals surface area contributed by atoms with Crippen molar-refractivity contribution in [1.82, 2.24) is 19.6 Å². The van der Waals surface area contributed by atoms with Crippen LogP contribution < -0.4 is 10.1 Å². The molecule has 0 aliphatic rings. The minimum absolute atomic E-state index is 0.109. The van der Waals surface area contributed by atoms with E-state index >= 15 is 0 Å². The van der Waals surface area contributed by atoms with Crippen molar-refractivity contribution in [2.45, 2.75) is 40.0 Å². The Morgan fingerprint density at radius 2 is 1.67 bits per heavy atom. The van der Waals surface area contributed by atoms with Gasteiger partial charge in [0.05, 0.1) is 6.61 Å². The lowest BCUT2D eigenvalue weighted by molar-refractivity contribution is 0.340. The van der Waals surface area contributed by atoms with Crippen LogP contribution in [0.2, 0.25) is 0 Å². The van der Waals surface area contributed by atoms with Gasteiger partial charge in [0.1, 0.15) is 11.6 Å². The first-order chi connectivity index (χ1) is 14.3. The SMILES string of the molecule is CCOc1ccc(Nc2cc(C)nc3nc(-c4ccc(C(C)(C)C)cc4)nn23)cc1. The fourth-order valence-corrected chi connectivity index (χ4v) is 3.27. The van der Waals surface area contributed by atoms with Gasteiger partial charge in [0.25, 0.3) is 5.78 Å². The molecule has 0 saturated heterocycles. The summed E-state index contributed by atoms with van der Waals surface area (Å²) in [5.41, 5.74) is 4.17. The smallest absolute Gasteiger partial charge is 0.254 e. The molecule has 0 aliphatic carbocycles. The zero-order chi connectivity index (χ0) is 21.3. The number of nitrogens with zero attached hydrogens (tertiary/aromatic N) is 4. The zero-order valence-electron chi connectivity index (χ0n) is 18.1. The van der Waals surface area contributed by atoms with Gasteiger partial charge < -0.3 is 10.1 Å². The molecule has 2 aromatic carbocycles. The maximum atomic E-state index is 5.52. The van der Waals surface area contributed by atoms with Crippen LogP contribution in [-0.4, -0.2) is 26.2 Å². The first kappa shape index (κ1) is 19.9. The van der Waals surface area contributed by atoms with E-state index in [1.54, 1.807) is 4.52 Å². The molecule has 2 heterocycles. The van der Waals surface area contributed by atoms with Crippen molar-refractivity contribution in [3.8, 4) is 17.1 Å². The topological polar surface area (TPSA) is 64.3 Å². The fourth-order valence-electron chi connectivity index (χ4n) is 3.27. The molecule has 4 rings (SSSR count). The normalized spacial score (nSPS) is 11.6. The van der Waals surface area contributed by atoms with Crippen LogP contribution in [0, 0.1) is 6.92 Å². The third kappa shape index (κ3) is 4.13. The molecule has 4 aromatic rings. The summed E-state index contributed by atoms with van der Waals surface area (Å²) in [5.74, 6) is 2.88. The number of hydrogen-bond donors (Lipinski definition) is 1. The Labute approximate surface area is 177 Å². The second kappa shape index (κ2) is 7.78. The summed E-state index contributed by atoms with van der Waals surface area (Å²) in [4.78, 5) is 9.21. The maximum Gasteiger partial charge on any atom is 0.254 e. The van der Waals surface area contributed by atoms with Crippen molar-refractivity contribution in [1.29, 1.82) is 0 Å². The van der Waals surface area contributed by atoms with Crippen LogP contribution in [0.3, 0.4) is 0 Å². The van der Waals surface area contributed by atoms with E-state index in [0.29, 0.717) is 18.2 Å². The number of aryl methyl sites for hydroxylation is 1. The molecule has 6 nitrogen and oxygen atoms in total. The molecular formula is C24H27N5O. The maximum absolute atomic E-state index is 5.52. The van der Waals surface area contributed by atoms with Gasteiger partial charge in [-0.25, -0.2) is 4.98 Å². The lowest BCUT2D eigenvalue weighted by Gasteiger charge is -2.18. The van der Waals surface area contributed by atoms with Gasteiger partial charge in [0.15, 0.2) is 5.82 Å². The molecule has 30 heavy (non-hydrogen) atoms. The van der Waals surface area contributed by atoms with E-state index < -0.39 is 0 Å². The third-order valence-electron chi connectivity index (χ3n) is 4.89. The van der Waals surface area contributed by atoms with E-state index in [-0.39, 0.29) is 5.41 Å². The van der Waals surface area contributed by atoms with Gasteiger partial charge >= 0.3 is 0 Å². The number of fused-ring (bicyclic) bond motifs is 1. The van der Waals surface area contributed by atoms with Crippen LogP contribution in [-0.2, 0) is 5.41 Å². The third-order valence-corrected chi connectivity index (χ3v) is 4.89. The fraction of sp³-hybridized carbons (Fsp3) is 0.292. The molecule has 6 heteroatoms. The van der Waals surface area contributed by atoms with Gasteiger partial charge in [-0.2, -0.15) is 9.50 Å². The molecule has 154 valence electrons. The Hall–Kier alpha value is -3.41. The van der Waals surface area contributed by atoms with Crippen molar-refractivity contribution in [2.24, 2.45) is 0 Å². The van der Waals surface area contributed by atoms with Gasteiger partial charge in [0.2, 0.25) is 0 Å². The standard InChI is InChI=1S/C24H27N5O/c1-6-30-20-13-11-19(12-14-20)26-21-15-16(2)25-23-27-22(28-29(21)23)17-7-9-18(10-8-17)24(3,4)5/h7-15,26H,6H2,1-5H3. The van der Waals surface area contributed by atoms with Crippen molar-refractivity contribution in [3.05, 3.63) is 65.9 Å². The summed E-state index contributed by atoms with van der Waals surface area (Å²) >= 11 is 0. The van der Waals surface area contributed by atoms with E-state index in [1.165, 1.54) is 5.56 Å². The van der Waals surface area contributed by atoms with E-state index in [1.807, 2.05) is 44.2 Å². The highest BCUT2D eigenvalue weighted by Crippen LogP contribution is 2.26. The van der Waals surface area contributed by atoms with Crippen LogP contribution in [0.15, 0.2) is 54.6 Å². The molecule has 0 atom stereocenters. The van der Waals surface area contributed by atoms with Gasteiger partial charge in [-0.05, 0) is 49.1 Å². The Morgan fingerprint density at radius 1 is 0.967 bits per heavy atom. The predicted octanol–water partition coefficient (Wildman–Crippen LogP) is 5.54. The van der Waals surface area contributed by atoms with Gasteiger partial charge in [-0.15, -0.1) is 5.10 Å². The van der Waals surface area contributed by atoms with Crippen LogP contribution >= 0.6 is 0 Å². The average molecular weight is 402 g/mol. The number of aromatic nitrogens is 4. The van der Waals surface area contributed by atoms with Gasteiger partial charge in [-0.3, -0.25) is 0 Å². The number of anilines is 2. The molecule has 0 unspecified atom stereocenters. The highest BCUT2D eigenvalue weighted by molar-refractivity contribution is 5.63. The Bertz CT molecular complexity index is 1160. The lowest BCUT2D eigenvalue weighted by atomic mass is 9.87. The number of nitrogens with one attached hydrogen (secondary N) is 1. The molecule has 0 fully saturated rings. The predicted molar refractivity (Wildman–Crippen MR) is 121 cm³/mol. The molecule has 0 spiro atoms. The van der Waals surface area contributed by atoms with Crippen molar-refractivity contribution >= 4 is 17.3 Å². The second-order valence-electron chi connectivity index (χ2n) is 8.34. The summed E-state index contributed by atoms with van der Waals surface area (Å²) in [6.07, 6.45) is 0. The molecule has 1 N–H and O–H groups in total. The van der Waals surface area contributed by atoms with Crippen LogP contribution in [0.25, 0.3) is 17.2 Å². The number of benzene rings is 2. The van der Waals surface area contributed by atoms with Crippen molar-refractivity contribution in [3.63, 3.8) is 0 Å².